The molecule has 0 radical (unpaired) electrons. The van der Waals surface area contributed by atoms with Crippen molar-refractivity contribution in [2.24, 2.45) is 0 Å². The topological polar surface area (TPSA) is 97.0 Å². The van der Waals surface area contributed by atoms with Crippen LogP contribution in [0.1, 0.15) is 32.1 Å². The van der Waals surface area contributed by atoms with Crippen LogP contribution in [0.4, 0.5) is 17.1 Å². The van der Waals surface area contributed by atoms with Gasteiger partial charge in [-0.2, -0.15) is 0 Å². The molecule has 0 spiro atoms. The van der Waals surface area contributed by atoms with Crippen LogP contribution in [0, 0.1) is 0 Å². The molecule has 1 amide bonds. The molecule has 2 aromatic rings. The van der Waals surface area contributed by atoms with Gasteiger partial charge in [0.25, 0.3) is 0 Å². The third-order valence-electron chi connectivity index (χ3n) is 5.78. The average molecular weight is 474 g/mol. The SMILES string of the molecule is O=C(CS(=O)(=O)Nc1ccc(N2CCCCC2)cc1)Nc1ccc(OCC2CCCO2)cc1. The molecule has 178 valence electrons. The number of nitrogens with one attached hydrogen (secondary N) is 2. The number of sulfonamides is 1. The van der Waals surface area contributed by atoms with Crippen molar-refractivity contribution in [2.45, 2.75) is 38.2 Å². The van der Waals surface area contributed by atoms with Gasteiger partial charge < -0.3 is 19.7 Å². The van der Waals surface area contributed by atoms with Crippen LogP contribution >= 0.6 is 0 Å². The van der Waals surface area contributed by atoms with Gasteiger partial charge in [0.15, 0.2) is 0 Å². The van der Waals surface area contributed by atoms with Crippen molar-refractivity contribution >= 4 is 33.0 Å². The van der Waals surface area contributed by atoms with Crippen LogP contribution in [-0.2, 0) is 19.6 Å². The first-order valence-electron chi connectivity index (χ1n) is 11.5. The summed E-state index contributed by atoms with van der Waals surface area (Å²) in [6.45, 7) is 3.32. The van der Waals surface area contributed by atoms with Crippen LogP contribution in [0.2, 0.25) is 0 Å². The van der Waals surface area contributed by atoms with Crippen LogP contribution in [0.25, 0.3) is 0 Å². The van der Waals surface area contributed by atoms with Crippen LogP contribution in [0.15, 0.2) is 48.5 Å². The molecule has 1 unspecified atom stereocenters. The van der Waals surface area contributed by atoms with E-state index in [-0.39, 0.29) is 6.10 Å². The summed E-state index contributed by atoms with van der Waals surface area (Å²) in [5.41, 5.74) is 2.03. The van der Waals surface area contributed by atoms with Crippen molar-refractivity contribution in [2.75, 3.05) is 47.0 Å². The zero-order chi connectivity index (χ0) is 23.1. The Hall–Kier alpha value is -2.78. The lowest BCUT2D eigenvalue weighted by atomic mass is 10.1. The molecule has 8 nitrogen and oxygen atoms in total. The second kappa shape index (κ2) is 10.9. The lowest BCUT2D eigenvalue weighted by molar-refractivity contribution is -0.113. The maximum Gasteiger partial charge on any atom is 0.241 e. The molecule has 2 heterocycles. The van der Waals surface area contributed by atoms with E-state index in [1.165, 1.54) is 19.3 Å². The van der Waals surface area contributed by atoms with E-state index >= 15 is 0 Å². The number of hydrogen-bond acceptors (Lipinski definition) is 6. The normalized spacial score (nSPS) is 18.7. The van der Waals surface area contributed by atoms with Gasteiger partial charge in [-0.3, -0.25) is 9.52 Å². The average Bonchev–Trinajstić information content (AvgIpc) is 3.33. The molecule has 0 saturated carbocycles. The highest BCUT2D eigenvalue weighted by Gasteiger charge is 2.18. The summed E-state index contributed by atoms with van der Waals surface area (Å²) < 4.78 is 38.6. The first-order chi connectivity index (χ1) is 16.0. The Morgan fingerprint density at radius 2 is 1.67 bits per heavy atom. The summed E-state index contributed by atoms with van der Waals surface area (Å²) in [7, 11) is -3.83. The number of ether oxygens (including phenoxy) is 2. The lowest BCUT2D eigenvalue weighted by Gasteiger charge is -2.28. The van der Waals surface area contributed by atoms with Gasteiger partial charge in [-0.1, -0.05) is 0 Å². The third kappa shape index (κ3) is 7.10. The smallest absolute Gasteiger partial charge is 0.241 e. The number of hydrogen-bond donors (Lipinski definition) is 2. The molecule has 33 heavy (non-hydrogen) atoms. The Kier molecular flexibility index (Phi) is 7.72. The number of piperidine rings is 1. The van der Waals surface area contributed by atoms with Crippen LogP contribution in [0.3, 0.4) is 0 Å². The fourth-order valence-electron chi connectivity index (χ4n) is 4.08. The molecule has 2 aliphatic heterocycles. The van der Waals surface area contributed by atoms with E-state index in [9.17, 15) is 13.2 Å². The van der Waals surface area contributed by atoms with E-state index in [1.807, 2.05) is 12.1 Å². The third-order valence-corrected chi connectivity index (χ3v) is 6.97. The summed E-state index contributed by atoms with van der Waals surface area (Å²) in [6.07, 6.45) is 5.79. The van der Waals surface area contributed by atoms with Gasteiger partial charge in [-0.15, -0.1) is 0 Å². The Morgan fingerprint density at radius 3 is 2.33 bits per heavy atom. The zero-order valence-electron chi connectivity index (χ0n) is 18.7. The first-order valence-corrected chi connectivity index (χ1v) is 13.1. The highest BCUT2D eigenvalue weighted by atomic mass is 32.2. The van der Waals surface area contributed by atoms with E-state index < -0.39 is 21.7 Å². The van der Waals surface area contributed by atoms with Crippen LogP contribution < -0.4 is 19.7 Å². The van der Waals surface area contributed by atoms with E-state index in [4.69, 9.17) is 9.47 Å². The number of rotatable bonds is 9. The fraction of sp³-hybridized carbons (Fsp3) is 0.458. The number of benzene rings is 2. The largest absolute Gasteiger partial charge is 0.491 e. The highest BCUT2D eigenvalue weighted by Crippen LogP contribution is 2.22. The number of nitrogens with zero attached hydrogens (tertiary/aromatic N) is 1. The molecule has 1 atom stereocenters. The van der Waals surface area contributed by atoms with Crippen molar-refractivity contribution in [3.05, 3.63) is 48.5 Å². The van der Waals surface area contributed by atoms with E-state index in [1.54, 1.807) is 36.4 Å². The second-order valence-electron chi connectivity index (χ2n) is 8.47. The molecular formula is C24H31N3O5S. The zero-order valence-corrected chi connectivity index (χ0v) is 19.5. The van der Waals surface area contributed by atoms with Gasteiger partial charge in [-0.25, -0.2) is 8.42 Å². The minimum absolute atomic E-state index is 0.128. The predicted molar refractivity (Wildman–Crippen MR) is 129 cm³/mol. The lowest BCUT2D eigenvalue weighted by Crippen LogP contribution is -2.29. The molecule has 2 fully saturated rings. The minimum atomic E-state index is -3.83. The molecule has 0 aromatic heterocycles. The van der Waals surface area contributed by atoms with Gasteiger partial charge in [0, 0.05) is 36.8 Å². The molecule has 2 aromatic carbocycles. The first kappa shape index (κ1) is 23.4. The molecule has 9 heteroatoms. The molecule has 2 aliphatic rings. The van der Waals surface area contributed by atoms with E-state index in [2.05, 4.69) is 14.9 Å². The van der Waals surface area contributed by atoms with E-state index in [0.29, 0.717) is 23.7 Å². The molecule has 0 aliphatic carbocycles. The van der Waals surface area contributed by atoms with Crippen molar-refractivity contribution in [1.29, 1.82) is 0 Å². The van der Waals surface area contributed by atoms with Gasteiger partial charge >= 0.3 is 0 Å². The Morgan fingerprint density at radius 1 is 0.970 bits per heavy atom. The minimum Gasteiger partial charge on any atom is -0.491 e. The molecule has 0 bridgehead atoms. The number of carbonyl (C=O) groups excluding carboxylic acids is 1. The van der Waals surface area contributed by atoms with Crippen molar-refractivity contribution < 1.29 is 22.7 Å². The standard InChI is InChI=1S/C24H31N3O5S/c28-24(25-19-8-12-22(13-9-19)32-17-23-5-4-16-31-23)18-33(29,30)26-20-6-10-21(11-7-20)27-14-2-1-3-15-27/h6-13,23,26H,1-5,14-18H2,(H,25,28). The van der Waals surface area contributed by atoms with Gasteiger partial charge in [0.05, 0.1) is 6.10 Å². The fourth-order valence-corrected chi connectivity index (χ4v) is 5.06. The van der Waals surface area contributed by atoms with Gasteiger partial charge in [-0.05, 0) is 80.6 Å². The number of amides is 1. The van der Waals surface area contributed by atoms with E-state index in [0.717, 1.165) is 38.2 Å². The summed E-state index contributed by atoms with van der Waals surface area (Å²) in [6, 6.07) is 14.1. The Balaban J connectivity index is 1.24. The summed E-state index contributed by atoms with van der Waals surface area (Å²) in [5, 5.41) is 2.62. The highest BCUT2D eigenvalue weighted by molar-refractivity contribution is 7.93. The quantitative estimate of drug-likeness (QED) is 0.578. The van der Waals surface area contributed by atoms with Crippen LogP contribution in [0.5, 0.6) is 5.75 Å². The molecular weight excluding hydrogens is 442 g/mol. The van der Waals surface area contributed by atoms with Crippen molar-refractivity contribution in [3.63, 3.8) is 0 Å². The van der Waals surface area contributed by atoms with Crippen molar-refractivity contribution in [1.82, 2.24) is 0 Å². The summed E-state index contributed by atoms with van der Waals surface area (Å²) >= 11 is 0. The predicted octanol–water partition coefficient (Wildman–Crippen LogP) is 3.62. The molecule has 2 N–H and O–H groups in total. The Labute approximate surface area is 195 Å². The monoisotopic (exact) mass is 473 g/mol. The Bertz CT molecular complexity index is 1010. The van der Waals surface area contributed by atoms with Crippen LogP contribution in [-0.4, -0.2) is 52.5 Å². The number of anilines is 3. The van der Waals surface area contributed by atoms with Crippen molar-refractivity contribution in [3.8, 4) is 5.75 Å². The second-order valence-corrected chi connectivity index (χ2v) is 10.2. The van der Waals surface area contributed by atoms with Gasteiger partial charge in [0.1, 0.15) is 18.1 Å². The number of carbonyl (C=O) groups is 1. The summed E-state index contributed by atoms with van der Waals surface area (Å²) in [5.74, 6) is -0.607. The van der Waals surface area contributed by atoms with Gasteiger partial charge in [0.2, 0.25) is 15.9 Å². The maximum absolute atomic E-state index is 12.4. The maximum atomic E-state index is 12.4. The summed E-state index contributed by atoms with van der Waals surface area (Å²) in [4.78, 5) is 14.6. The molecule has 2 saturated heterocycles. The molecule has 4 rings (SSSR count).